The van der Waals surface area contributed by atoms with Gasteiger partial charge in [-0.1, -0.05) is 12.8 Å². The normalized spacial score (nSPS) is 33.0. The van der Waals surface area contributed by atoms with Crippen LogP contribution in [0.4, 0.5) is 0 Å². The number of hydrogen-bond donors (Lipinski definition) is 1. The highest BCUT2D eigenvalue weighted by Gasteiger charge is 2.30. The summed E-state index contributed by atoms with van der Waals surface area (Å²) in [6.07, 6.45) is 8.11. The first-order valence-electron chi connectivity index (χ1n) is 6.25. The fourth-order valence-corrected chi connectivity index (χ4v) is 3.96. The Morgan fingerprint density at radius 2 is 2.00 bits per heavy atom. The third-order valence-corrected chi connectivity index (χ3v) is 5.10. The summed E-state index contributed by atoms with van der Waals surface area (Å²) in [5, 5.41) is 4.32. The minimum atomic E-state index is 0.764. The molecule has 88 valence electrons. The highest BCUT2D eigenvalue weighted by molar-refractivity contribution is 7.99. The number of nitrogens with zero attached hydrogens (tertiary/aromatic N) is 1. The van der Waals surface area contributed by atoms with Gasteiger partial charge in [-0.15, -0.1) is 0 Å². The van der Waals surface area contributed by atoms with E-state index in [1.165, 1.54) is 45.3 Å². The van der Waals surface area contributed by atoms with Crippen LogP contribution >= 0.6 is 11.8 Å². The Morgan fingerprint density at radius 3 is 2.67 bits per heavy atom. The standard InChI is InChI=1S/C12H24N2S/c1-14(9-10-5-3-4-6-10)11-7-13-8-12(11)15-2/h10-13H,3-9H2,1-2H3. The minimum Gasteiger partial charge on any atom is -0.314 e. The molecule has 0 aromatic heterocycles. The molecule has 1 N–H and O–H groups in total. The maximum atomic E-state index is 3.52. The van der Waals surface area contributed by atoms with E-state index in [0.29, 0.717) is 0 Å². The van der Waals surface area contributed by atoms with E-state index < -0.39 is 0 Å². The van der Waals surface area contributed by atoms with Gasteiger partial charge in [0, 0.05) is 30.9 Å². The van der Waals surface area contributed by atoms with E-state index in [9.17, 15) is 0 Å². The van der Waals surface area contributed by atoms with Gasteiger partial charge in [0.1, 0.15) is 0 Å². The zero-order valence-electron chi connectivity index (χ0n) is 10.0. The van der Waals surface area contributed by atoms with Crippen LogP contribution in [0, 0.1) is 5.92 Å². The zero-order chi connectivity index (χ0) is 10.7. The molecule has 1 saturated carbocycles. The molecule has 1 saturated heterocycles. The Balaban J connectivity index is 1.80. The average Bonchev–Trinajstić information content (AvgIpc) is 2.86. The van der Waals surface area contributed by atoms with Gasteiger partial charge in [-0.05, 0) is 32.1 Å². The van der Waals surface area contributed by atoms with Crippen molar-refractivity contribution >= 4 is 11.8 Å². The molecule has 0 radical (unpaired) electrons. The summed E-state index contributed by atoms with van der Waals surface area (Å²) in [6.45, 7) is 3.71. The van der Waals surface area contributed by atoms with E-state index in [0.717, 1.165) is 17.2 Å². The van der Waals surface area contributed by atoms with Gasteiger partial charge in [-0.25, -0.2) is 0 Å². The lowest BCUT2D eigenvalue weighted by molar-refractivity contribution is 0.222. The quantitative estimate of drug-likeness (QED) is 0.790. The maximum Gasteiger partial charge on any atom is 0.0348 e. The van der Waals surface area contributed by atoms with Crippen molar-refractivity contribution in [2.24, 2.45) is 5.92 Å². The maximum absolute atomic E-state index is 3.52. The largest absolute Gasteiger partial charge is 0.314 e. The Kier molecular flexibility index (Phi) is 4.35. The molecule has 1 aliphatic carbocycles. The van der Waals surface area contributed by atoms with Crippen LogP contribution < -0.4 is 5.32 Å². The lowest BCUT2D eigenvalue weighted by Gasteiger charge is -2.30. The predicted molar refractivity (Wildman–Crippen MR) is 68.5 cm³/mol. The van der Waals surface area contributed by atoms with Crippen LogP contribution in [0.25, 0.3) is 0 Å². The summed E-state index contributed by atoms with van der Waals surface area (Å²) in [6, 6.07) is 0.764. The minimum absolute atomic E-state index is 0.764. The molecule has 1 aliphatic heterocycles. The fourth-order valence-electron chi connectivity index (χ4n) is 3.06. The summed E-state index contributed by atoms with van der Waals surface area (Å²) in [5.41, 5.74) is 0. The topological polar surface area (TPSA) is 15.3 Å². The van der Waals surface area contributed by atoms with Crippen LogP contribution in [0.5, 0.6) is 0 Å². The van der Waals surface area contributed by atoms with Crippen molar-refractivity contribution < 1.29 is 0 Å². The lowest BCUT2D eigenvalue weighted by atomic mass is 10.1. The van der Waals surface area contributed by atoms with Crippen molar-refractivity contribution in [3.63, 3.8) is 0 Å². The third-order valence-electron chi connectivity index (χ3n) is 4.02. The molecular weight excluding hydrogens is 204 g/mol. The molecule has 0 bridgehead atoms. The van der Waals surface area contributed by atoms with Crippen LogP contribution in [0.1, 0.15) is 25.7 Å². The SMILES string of the molecule is CSC1CNCC1N(C)CC1CCCC1. The smallest absolute Gasteiger partial charge is 0.0348 e. The Labute approximate surface area is 98.2 Å². The first kappa shape index (κ1) is 11.7. The highest BCUT2D eigenvalue weighted by Crippen LogP contribution is 2.27. The molecule has 0 amide bonds. The van der Waals surface area contributed by atoms with Gasteiger partial charge in [-0.3, -0.25) is 0 Å². The van der Waals surface area contributed by atoms with E-state index in [1.54, 1.807) is 0 Å². The van der Waals surface area contributed by atoms with Crippen molar-refractivity contribution in [2.75, 3.05) is 32.9 Å². The number of rotatable bonds is 4. The molecule has 2 rings (SSSR count). The van der Waals surface area contributed by atoms with Crippen LogP contribution in [0.2, 0.25) is 0 Å². The molecular formula is C12H24N2S. The van der Waals surface area contributed by atoms with Gasteiger partial charge >= 0.3 is 0 Å². The number of hydrogen-bond acceptors (Lipinski definition) is 3. The second-order valence-electron chi connectivity index (χ2n) is 5.09. The molecule has 0 aromatic rings. The van der Waals surface area contributed by atoms with Crippen LogP contribution in [0.3, 0.4) is 0 Å². The van der Waals surface area contributed by atoms with Gasteiger partial charge in [0.25, 0.3) is 0 Å². The Morgan fingerprint density at radius 1 is 1.27 bits per heavy atom. The first-order chi connectivity index (χ1) is 7.31. The first-order valence-corrected chi connectivity index (χ1v) is 7.54. The molecule has 2 aliphatic rings. The molecule has 2 nitrogen and oxygen atoms in total. The van der Waals surface area contributed by atoms with Crippen molar-refractivity contribution in [1.82, 2.24) is 10.2 Å². The van der Waals surface area contributed by atoms with Gasteiger partial charge in [0.15, 0.2) is 0 Å². The number of likely N-dealkylation sites (N-methyl/N-ethyl adjacent to an activating group) is 1. The van der Waals surface area contributed by atoms with E-state index in [2.05, 4.69) is 23.5 Å². The summed E-state index contributed by atoms with van der Waals surface area (Å²) >= 11 is 2.02. The van der Waals surface area contributed by atoms with Crippen molar-refractivity contribution in [1.29, 1.82) is 0 Å². The van der Waals surface area contributed by atoms with Crippen molar-refractivity contribution in [3.05, 3.63) is 0 Å². The Bertz CT molecular complexity index is 192. The van der Waals surface area contributed by atoms with E-state index in [-0.39, 0.29) is 0 Å². The fraction of sp³-hybridized carbons (Fsp3) is 1.00. The molecule has 15 heavy (non-hydrogen) atoms. The molecule has 3 heteroatoms. The van der Waals surface area contributed by atoms with Crippen molar-refractivity contribution in [3.8, 4) is 0 Å². The number of nitrogens with one attached hydrogen (secondary N) is 1. The summed E-state index contributed by atoms with van der Waals surface area (Å²) in [4.78, 5) is 2.61. The summed E-state index contributed by atoms with van der Waals surface area (Å²) in [7, 11) is 2.32. The molecule has 2 fully saturated rings. The van der Waals surface area contributed by atoms with Crippen LogP contribution in [0.15, 0.2) is 0 Å². The highest BCUT2D eigenvalue weighted by atomic mass is 32.2. The second-order valence-corrected chi connectivity index (χ2v) is 6.17. The van der Waals surface area contributed by atoms with Crippen LogP contribution in [-0.4, -0.2) is 49.1 Å². The summed E-state index contributed by atoms with van der Waals surface area (Å²) in [5.74, 6) is 0.984. The predicted octanol–water partition coefficient (Wildman–Crippen LogP) is 1.81. The van der Waals surface area contributed by atoms with Gasteiger partial charge in [0.05, 0.1) is 0 Å². The molecule has 0 spiro atoms. The van der Waals surface area contributed by atoms with Crippen molar-refractivity contribution in [2.45, 2.75) is 37.0 Å². The molecule has 2 atom stereocenters. The van der Waals surface area contributed by atoms with E-state index in [1.807, 2.05) is 11.8 Å². The van der Waals surface area contributed by atoms with Gasteiger partial charge in [-0.2, -0.15) is 11.8 Å². The lowest BCUT2D eigenvalue weighted by Crippen LogP contribution is -2.41. The third kappa shape index (κ3) is 2.89. The average molecular weight is 228 g/mol. The van der Waals surface area contributed by atoms with Gasteiger partial charge in [0.2, 0.25) is 0 Å². The van der Waals surface area contributed by atoms with E-state index in [4.69, 9.17) is 0 Å². The zero-order valence-corrected chi connectivity index (χ0v) is 10.9. The molecule has 1 heterocycles. The molecule has 0 aromatic carbocycles. The summed E-state index contributed by atoms with van der Waals surface area (Å²) < 4.78 is 0. The van der Waals surface area contributed by atoms with E-state index >= 15 is 0 Å². The number of thioether (sulfide) groups is 1. The van der Waals surface area contributed by atoms with Crippen LogP contribution in [-0.2, 0) is 0 Å². The Hall–Kier alpha value is 0.270. The second kappa shape index (κ2) is 5.55. The monoisotopic (exact) mass is 228 g/mol. The molecule has 2 unspecified atom stereocenters. The van der Waals surface area contributed by atoms with Gasteiger partial charge < -0.3 is 10.2 Å².